The molecule has 1 saturated heterocycles. The van der Waals surface area contributed by atoms with Crippen LogP contribution in [-0.2, 0) is 16.1 Å². The fraction of sp³-hybridized carbons (Fsp3) is 0.417. The van der Waals surface area contributed by atoms with Crippen LogP contribution in [0.15, 0.2) is 23.9 Å². The summed E-state index contributed by atoms with van der Waals surface area (Å²) < 4.78 is 7.21. The van der Waals surface area contributed by atoms with Crippen LogP contribution in [0.5, 0.6) is 0 Å². The number of Topliss-reactive ketones (excluding diaryl/α,β-unsaturated/α-hetero) is 1. The summed E-state index contributed by atoms with van der Waals surface area (Å²) in [5.41, 5.74) is 3.19. The van der Waals surface area contributed by atoms with Gasteiger partial charge in [-0.05, 0) is 56.9 Å². The van der Waals surface area contributed by atoms with Crippen molar-refractivity contribution in [2.75, 3.05) is 19.7 Å². The van der Waals surface area contributed by atoms with Gasteiger partial charge in [-0.15, -0.1) is 0 Å². The highest BCUT2D eigenvalue weighted by molar-refractivity contribution is 6.03. The van der Waals surface area contributed by atoms with Crippen LogP contribution in [0.1, 0.15) is 64.0 Å². The van der Waals surface area contributed by atoms with E-state index < -0.39 is 18.4 Å². The fourth-order valence-corrected chi connectivity index (χ4v) is 3.90. The summed E-state index contributed by atoms with van der Waals surface area (Å²) in [6.45, 7) is 7.76. The first kappa shape index (κ1) is 23.1. The Hall–Kier alpha value is -3.60. The van der Waals surface area contributed by atoms with Gasteiger partial charge in [-0.25, -0.2) is 4.79 Å². The number of amides is 1. The molecule has 0 bridgehead atoms. The number of ether oxygens (including phenoxy) is 1. The summed E-state index contributed by atoms with van der Waals surface area (Å²) in [6.07, 6.45) is 5.85. The molecule has 1 aliphatic heterocycles. The highest BCUT2D eigenvalue weighted by Crippen LogP contribution is 2.19. The van der Waals surface area contributed by atoms with E-state index in [1.165, 1.54) is 18.3 Å². The van der Waals surface area contributed by atoms with Gasteiger partial charge >= 0.3 is 5.97 Å². The molecule has 0 radical (unpaired) electrons. The van der Waals surface area contributed by atoms with Gasteiger partial charge in [0.25, 0.3) is 5.91 Å². The average molecular weight is 437 g/mol. The van der Waals surface area contributed by atoms with E-state index in [1.54, 1.807) is 4.90 Å². The molecule has 32 heavy (non-hydrogen) atoms. The lowest BCUT2D eigenvalue weighted by Crippen LogP contribution is -2.27. The normalized spacial score (nSPS) is 13.8. The summed E-state index contributed by atoms with van der Waals surface area (Å²) in [4.78, 5) is 41.8. The van der Waals surface area contributed by atoms with Gasteiger partial charge in [0.2, 0.25) is 5.78 Å². The van der Waals surface area contributed by atoms with E-state index in [0.717, 1.165) is 42.8 Å². The number of hydrogen-bond acceptors (Lipinski definition) is 5. The molecule has 3 heterocycles. The monoisotopic (exact) mass is 436 g/mol. The van der Waals surface area contributed by atoms with Gasteiger partial charge in [0, 0.05) is 42.8 Å². The van der Waals surface area contributed by atoms with Crippen LogP contribution in [0.3, 0.4) is 0 Å². The van der Waals surface area contributed by atoms with Crippen molar-refractivity contribution < 1.29 is 19.1 Å². The van der Waals surface area contributed by atoms with Crippen LogP contribution in [0, 0.1) is 25.2 Å². The molecule has 0 saturated carbocycles. The lowest BCUT2D eigenvalue weighted by atomic mass is 10.1. The third-order valence-electron chi connectivity index (χ3n) is 5.66. The number of hydrogen-bond donors (Lipinski definition) is 1. The van der Waals surface area contributed by atoms with Crippen molar-refractivity contribution in [3.63, 3.8) is 0 Å². The highest BCUT2D eigenvalue weighted by atomic mass is 16.5. The summed E-state index contributed by atoms with van der Waals surface area (Å²) in [5, 5.41) is 9.42. The first-order valence-corrected chi connectivity index (χ1v) is 10.8. The number of aromatic amines is 1. The van der Waals surface area contributed by atoms with E-state index in [4.69, 9.17) is 4.74 Å². The van der Waals surface area contributed by atoms with Crippen LogP contribution in [0.4, 0.5) is 0 Å². The maximum atomic E-state index is 12.4. The van der Waals surface area contributed by atoms with Crippen LogP contribution < -0.4 is 0 Å². The predicted octanol–water partition coefficient (Wildman–Crippen LogP) is 3.41. The van der Waals surface area contributed by atoms with Crippen molar-refractivity contribution in [2.24, 2.45) is 0 Å². The van der Waals surface area contributed by atoms with Gasteiger partial charge in [-0.2, -0.15) is 5.26 Å². The first-order valence-electron chi connectivity index (χ1n) is 10.8. The van der Waals surface area contributed by atoms with E-state index in [0.29, 0.717) is 18.8 Å². The number of carbonyl (C=O) groups excluding carboxylic acids is 3. The molecular weight excluding hydrogens is 408 g/mol. The minimum Gasteiger partial charge on any atom is -0.453 e. The number of aromatic nitrogens is 2. The molecule has 1 aliphatic rings. The van der Waals surface area contributed by atoms with Crippen LogP contribution in [0.25, 0.3) is 6.08 Å². The second kappa shape index (κ2) is 10.1. The lowest BCUT2D eigenvalue weighted by Gasteiger charge is -2.13. The fourth-order valence-electron chi connectivity index (χ4n) is 3.90. The molecule has 2 aromatic rings. The van der Waals surface area contributed by atoms with E-state index >= 15 is 0 Å². The number of ketones is 1. The minimum absolute atomic E-state index is 0.145. The van der Waals surface area contributed by atoms with E-state index in [9.17, 15) is 19.6 Å². The van der Waals surface area contributed by atoms with Crippen LogP contribution in [-0.4, -0.2) is 51.8 Å². The molecule has 8 heteroatoms. The smallest absolute Gasteiger partial charge is 0.349 e. The van der Waals surface area contributed by atoms with E-state index in [2.05, 4.69) is 16.5 Å². The Bertz CT molecular complexity index is 1090. The number of nitrogens with zero attached hydrogens (tertiary/aromatic N) is 3. The molecule has 0 aromatic carbocycles. The number of rotatable bonds is 8. The predicted molar refractivity (Wildman–Crippen MR) is 119 cm³/mol. The molecule has 2 aromatic heterocycles. The maximum Gasteiger partial charge on any atom is 0.349 e. The first-order chi connectivity index (χ1) is 15.3. The molecule has 1 N–H and O–H groups in total. The van der Waals surface area contributed by atoms with Gasteiger partial charge in [0.1, 0.15) is 17.3 Å². The molecule has 0 spiro atoms. The Kier molecular flexibility index (Phi) is 7.31. The zero-order valence-electron chi connectivity index (χ0n) is 18.7. The molecule has 0 aliphatic carbocycles. The standard InChI is InChI=1S/C24H28N4O4/c1-4-7-28-16(2)10-18(17(28)3)11-19(13-25)24(31)32-15-22(29)20-12-21(26-14-20)23(30)27-8-5-6-9-27/h10-12,14,26H,4-9,15H2,1-3H3/b19-11+. The molecule has 1 amide bonds. The third-order valence-corrected chi connectivity index (χ3v) is 5.66. The Morgan fingerprint density at radius 1 is 1.22 bits per heavy atom. The molecule has 0 atom stereocenters. The third kappa shape index (κ3) is 4.99. The number of carbonyl (C=O) groups is 3. The van der Waals surface area contributed by atoms with Crippen LogP contribution >= 0.6 is 0 Å². The lowest BCUT2D eigenvalue weighted by molar-refractivity contribution is -0.137. The van der Waals surface area contributed by atoms with Crippen molar-refractivity contribution in [2.45, 2.75) is 46.6 Å². The Morgan fingerprint density at radius 3 is 2.59 bits per heavy atom. The molecule has 168 valence electrons. The van der Waals surface area contributed by atoms with Gasteiger partial charge < -0.3 is 19.2 Å². The largest absolute Gasteiger partial charge is 0.453 e. The maximum absolute atomic E-state index is 12.4. The summed E-state index contributed by atoms with van der Waals surface area (Å²) >= 11 is 0. The van der Waals surface area contributed by atoms with Gasteiger partial charge in [0.15, 0.2) is 6.61 Å². The zero-order chi connectivity index (χ0) is 23.3. The van der Waals surface area contributed by atoms with E-state index in [-0.39, 0.29) is 17.0 Å². The second-order valence-electron chi connectivity index (χ2n) is 7.95. The van der Waals surface area contributed by atoms with E-state index in [1.807, 2.05) is 26.0 Å². The SMILES string of the molecule is CCCn1c(C)cc(/C=C(\C#N)C(=O)OCC(=O)c2c[nH]c(C(=O)N3CCCC3)c2)c1C. The zero-order valence-corrected chi connectivity index (χ0v) is 18.7. The summed E-state index contributed by atoms with van der Waals surface area (Å²) in [6, 6.07) is 5.25. The Balaban J connectivity index is 1.63. The number of H-pyrrole nitrogens is 1. The minimum atomic E-state index is -0.856. The number of nitriles is 1. The van der Waals surface area contributed by atoms with Crippen molar-refractivity contribution >= 4 is 23.7 Å². The number of likely N-dealkylation sites (tertiary alicyclic amines) is 1. The quantitative estimate of drug-likeness (QED) is 0.295. The van der Waals surface area contributed by atoms with Gasteiger partial charge in [-0.1, -0.05) is 6.92 Å². The van der Waals surface area contributed by atoms with Crippen molar-refractivity contribution in [1.82, 2.24) is 14.5 Å². The number of nitrogens with one attached hydrogen (secondary N) is 1. The Morgan fingerprint density at radius 2 is 1.94 bits per heavy atom. The van der Waals surface area contributed by atoms with Gasteiger partial charge in [0.05, 0.1) is 0 Å². The number of esters is 1. The number of aryl methyl sites for hydroxylation is 1. The molecule has 0 unspecified atom stereocenters. The van der Waals surface area contributed by atoms with Crippen LogP contribution in [0.2, 0.25) is 0 Å². The highest BCUT2D eigenvalue weighted by Gasteiger charge is 2.22. The summed E-state index contributed by atoms with van der Waals surface area (Å²) in [7, 11) is 0. The molecule has 1 fully saturated rings. The van der Waals surface area contributed by atoms with Gasteiger partial charge in [-0.3, -0.25) is 9.59 Å². The Labute approximate surface area is 187 Å². The summed E-state index contributed by atoms with van der Waals surface area (Å²) in [5.74, 6) is -1.45. The van der Waals surface area contributed by atoms with Crippen molar-refractivity contribution in [3.8, 4) is 6.07 Å². The second-order valence-corrected chi connectivity index (χ2v) is 7.95. The molecular formula is C24H28N4O4. The average Bonchev–Trinajstić information content (AvgIpc) is 3.53. The molecule has 3 rings (SSSR count). The molecule has 8 nitrogen and oxygen atoms in total. The topological polar surface area (TPSA) is 108 Å². The van der Waals surface area contributed by atoms with Crippen molar-refractivity contribution in [3.05, 3.63) is 52.1 Å². The van der Waals surface area contributed by atoms with Crippen molar-refractivity contribution in [1.29, 1.82) is 5.26 Å².